The molecular weight excluding hydrogens is 473 g/mol. The zero-order valence-corrected chi connectivity index (χ0v) is 20.7. The first-order chi connectivity index (χ1) is 14.9. The number of benzene rings is 2. The van der Waals surface area contributed by atoms with Crippen LogP contribution in [0.2, 0.25) is 10.0 Å². The van der Waals surface area contributed by atoms with Crippen LogP contribution < -0.4 is 9.62 Å². The minimum absolute atomic E-state index is 0.0209. The summed E-state index contributed by atoms with van der Waals surface area (Å²) in [5.41, 5.74) is 0.894. The van der Waals surface area contributed by atoms with Gasteiger partial charge in [-0.05, 0) is 38.5 Å². The molecule has 0 radical (unpaired) electrons. The molecule has 2 amide bonds. The van der Waals surface area contributed by atoms with Crippen molar-refractivity contribution in [2.45, 2.75) is 39.4 Å². The van der Waals surface area contributed by atoms with Crippen LogP contribution in [-0.2, 0) is 26.2 Å². The molecule has 0 fully saturated rings. The van der Waals surface area contributed by atoms with Crippen LogP contribution in [0, 0.1) is 0 Å². The SMILES string of the molecule is CC(C)NC(=O)[C@H](C)N(Cc1ccccc1)C(=O)CN(c1cccc(Cl)c1Cl)S(C)(=O)=O. The van der Waals surface area contributed by atoms with Crippen LogP contribution in [0.5, 0.6) is 0 Å². The fourth-order valence-corrected chi connectivity index (χ4v) is 4.35. The summed E-state index contributed by atoms with van der Waals surface area (Å²) in [6.45, 7) is 4.84. The van der Waals surface area contributed by atoms with E-state index in [9.17, 15) is 18.0 Å². The minimum atomic E-state index is -3.88. The molecule has 1 atom stereocenters. The Balaban J connectivity index is 2.41. The largest absolute Gasteiger partial charge is 0.352 e. The Morgan fingerprint density at radius 2 is 1.62 bits per heavy atom. The van der Waals surface area contributed by atoms with Crippen LogP contribution >= 0.6 is 23.2 Å². The summed E-state index contributed by atoms with van der Waals surface area (Å²) >= 11 is 12.3. The Bertz CT molecular complexity index is 1060. The fourth-order valence-electron chi connectivity index (χ4n) is 3.05. The smallest absolute Gasteiger partial charge is 0.244 e. The lowest BCUT2D eigenvalue weighted by Crippen LogP contribution is -2.52. The van der Waals surface area contributed by atoms with Crippen LogP contribution in [0.4, 0.5) is 5.69 Å². The highest BCUT2D eigenvalue weighted by Crippen LogP contribution is 2.33. The molecule has 10 heteroatoms. The fraction of sp³-hybridized carbons (Fsp3) is 0.364. The predicted molar refractivity (Wildman–Crippen MR) is 128 cm³/mol. The molecule has 1 N–H and O–H groups in total. The van der Waals surface area contributed by atoms with E-state index >= 15 is 0 Å². The van der Waals surface area contributed by atoms with Gasteiger partial charge < -0.3 is 10.2 Å². The summed E-state index contributed by atoms with van der Waals surface area (Å²) in [6, 6.07) is 12.7. The van der Waals surface area contributed by atoms with Crippen molar-refractivity contribution in [1.82, 2.24) is 10.2 Å². The molecule has 0 unspecified atom stereocenters. The summed E-state index contributed by atoms with van der Waals surface area (Å²) in [5, 5.41) is 2.98. The monoisotopic (exact) mass is 499 g/mol. The molecule has 2 rings (SSSR count). The van der Waals surface area contributed by atoms with Crippen molar-refractivity contribution in [3.63, 3.8) is 0 Å². The molecule has 0 saturated carbocycles. The van der Waals surface area contributed by atoms with Crippen molar-refractivity contribution in [3.8, 4) is 0 Å². The van der Waals surface area contributed by atoms with E-state index in [1.165, 1.54) is 17.0 Å². The molecule has 0 aliphatic rings. The highest BCUT2D eigenvalue weighted by atomic mass is 35.5. The molecule has 0 saturated heterocycles. The second-order valence-corrected chi connectivity index (χ2v) is 10.4. The van der Waals surface area contributed by atoms with Crippen LogP contribution in [0.1, 0.15) is 26.3 Å². The third kappa shape index (κ3) is 6.85. The molecule has 2 aromatic carbocycles. The number of carbonyl (C=O) groups excluding carboxylic acids is 2. The quantitative estimate of drug-likeness (QED) is 0.569. The van der Waals surface area contributed by atoms with Crippen molar-refractivity contribution in [3.05, 3.63) is 64.1 Å². The van der Waals surface area contributed by atoms with Crippen molar-refractivity contribution < 1.29 is 18.0 Å². The summed E-state index contributed by atoms with van der Waals surface area (Å²) in [6.07, 6.45) is 0.980. The van der Waals surface area contributed by atoms with E-state index in [1.807, 2.05) is 44.2 Å². The molecular formula is C22H27Cl2N3O4S. The zero-order chi connectivity index (χ0) is 24.1. The predicted octanol–water partition coefficient (Wildman–Crippen LogP) is 3.70. The molecule has 0 heterocycles. The molecule has 0 aromatic heterocycles. The Morgan fingerprint density at radius 1 is 1.00 bits per heavy atom. The van der Waals surface area contributed by atoms with Gasteiger partial charge >= 0.3 is 0 Å². The maximum atomic E-state index is 13.4. The van der Waals surface area contributed by atoms with Gasteiger partial charge in [0.25, 0.3) is 0 Å². The normalized spacial score (nSPS) is 12.3. The third-order valence-corrected chi connectivity index (χ3v) is 6.61. The van der Waals surface area contributed by atoms with Crippen molar-refractivity contribution in [2.75, 3.05) is 17.1 Å². The van der Waals surface area contributed by atoms with Crippen LogP contribution in [0.3, 0.4) is 0 Å². The topological polar surface area (TPSA) is 86.8 Å². The van der Waals surface area contributed by atoms with Gasteiger partial charge in [0.1, 0.15) is 12.6 Å². The highest BCUT2D eigenvalue weighted by Gasteiger charge is 2.31. The van der Waals surface area contributed by atoms with Crippen LogP contribution in [-0.4, -0.2) is 50.0 Å². The molecule has 2 aromatic rings. The number of hydrogen-bond acceptors (Lipinski definition) is 4. The van der Waals surface area contributed by atoms with E-state index in [-0.39, 0.29) is 34.2 Å². The van der Waals surface area contributed by atoms with Crippen molar-refractivity contribution in [2.24, 2.45) is 0 Å². The molecule has 0 aliphatic heterocycles. The van der Waals surface area contributed by atoms with E-state index in [2.05, 4.69) is 5.32 Å². The van der Waals surface area contributed by atoms with Gasteiger partial charge in [-0.3, -0.25) is 13.9 Å². The van der Waals surface area contributed by atoms with E-state index < -0.39 is 28.5 Å². The van der Waals surface area contributed by atoms with Crippen LogP contribution in [0.15, 0.2) is 48.5 Å². The molecule has 0 aliphatic carbocycles. The highest BCUT2D eigenvalue weighted by molar-refractivity contribution is 7.92. The van der Waals surface area contributed by atoms with Gasteiger partial charge in [0.15, 0.2) is 0 Å². The van der Waals surface area contributed by atoms with Crippen LogP contribution in [0.25, 0.3) is 0 Å². The number of rotatable bonds is 9. The number of hydrogen-bond donors (Lipinski definition) is 1. The summed E-state index contributed by atoms with van der Waals surface area (Å²) in [4.78, 5) is 27.4. The van der Waals surface area contributed by atoms with E-state index in [0.717, 1.165) is 16.1 Å². The number of halogens is 2. The molecule has 0 bridgehead atoms. The number of nitrogens with zero attached hydrogens (tertiary/aromatic N) is 2. The Kier molecular flexibility index (Phi) is 8.95. The number of nitrogens with one attached hydrogen (secondary N) is 1. The summed E-state index contributed by atoms with van der Waals surface area (Å²) in [7, 11) is -3.88. The lowest BCUT2D eigenvalue weighted by molar-refractivity contribution is -0.139. The number of sulfonamides is 1. The summed E-state index contributed by atoms with van der Waals surface area (Å²) < 4.78 is 26.0. The summed E-state index contributed by atoms with van der Waals surface area (Å²) in [5.74, 6) is -0.891. The lowest BCUT2D eigenvalue weighted by Gasteiger charge is -2.32. The zero-order valence-electron chi connectivity index (χ0n) is 18.4. The van der Waals surface area contributed by atoms with Gasteiger partial charge in [-0.25, -0.2) is 8.42 Å². The second kappa shape index (κ2) is 11.0. The first-order valence-electron chi connectivity index (χ1n) is 9.97. The van der Waals surface area contributed by atoms with Gasteiger partial charge in [-0.2, -0.15) is 0 Å². The van der Waals surface area contributed by atoms with Gasteiger partial charge in [0, 0.05) is 12.6 Å². The van der Waals surface area contributed by atoms with E-state index in [4.69, 9.17) is 23.2 Å². The standard InChI is InChI=1S/C22H27Cl2N3O4S/c1-15(2)25-22(29)16(3)26(13-17-9-6-5-7-10-17)20(28)14-27(32(4,30)31)19-12-8-11-18(23)21(19)24/h5-12,15-16H,13-14H2,1-4H3,(H,25,29)/t16-/m0/s1. The van der Waals surface area contributed by atoms with Gasteiger partial charge in [0.2, 0.25) is 21.8 Å². The molecule has 174 valence electrons. The van der Waals surface area contributed by atoms with E-state index in [1.54, 1.807) is 13.0 Å². The van der Waals surface area contributed by atoms with Gasteiger partial charge in [-0.15, -0.1) is 0 Å². The van der Waals surface area contributed by atoms with Gasteiger partial charge in [-0.1, -0.05) is 59.6 Å². The Morgan fingerprint density at radius 3 is 2.19 bits per heavy atom. The number of carbonyl (C=O) groups is 2. The lowest BCUT2D eigenvalue weighted by atomic mass is 10.1. The average molecular weight is 500 g/mol. The van der Waals surface area contributed by atoms with Gasteiger partial charge in [0.05, 0.1) is 22.0 Å². The number of anilines is 1. The first kappa shape index (κ1) is 26.0. The Labute approximate surface area is 199 Å². The third-order valence-electron chi connectivity index (χ3n) is 4.67. The first-order valence-corrected chi connectivity index (χ1v) is 12.6. The van der Waals surface area contributed by atoms with Crippen molar-refractivity contribution in [1.29, 1.82) is 0 Å². The Hall–Kier alpha value is -2.29. The molecule has 0 spiro atoms. The average Bonchev–Trinajstić information content (AvgIpc) is 2.71. The van der Waals surface area contributed by atoms with Crippen molar-refractivity contribution >= 4 is 50.7 Å². The maximum absolute atomic E-state index is 13.4. The number of amides is 2. The van der Waals surface area contributed by atoms with E-state index in [0.29, 0.717) is 0 Å². The maximum Gasteiger partial charge on any atom is 0.244 e. The second-order valence-electron chi connectivity index (χ2n) is 7.69. The minimum Gasteiger partial charge on any atom is -0.352 e. The molecule has 32 heavy (non-hydrogen) atoms. The molecule has 7 nitrogen and oxygen atoms in total.